The Morgan fingerprint density at radius 1 is 0.775 bits per heavy atom. The first-order valence-electron chi connectivity index (χ1n) is 13.0. The van der Waals surface area contributed by atoms with E-state index in [-0.39, 0.29) is 36.1 Å². The molecule has 3 aromatic carbocycles. The number of rotatable bonds is 9. The SMILES string of the molecule is O=C(O)c1c(OCc2ccc(Cl)c(Cl)c2)c(C(=O)N2CCN(Cc3ccccc3)CC2)cn1Cc1ccccc1. The fourth-order valence-electron chi connectivity index (χ4n) is 4.87. The number of hydrogen-bond donors (Lipinski definition) is 1. The summed E-state index contributed by atoms with van der Waals surface area (Å²) in [5.41, 5.74) is 2.99. The summed E-state index contributed by atoms with van der Waals surface area (Å²) in [5, 5.41) is 11.0. The molecule has 0 unspecified atom stereocenters. The summed E-state index contributed by atoms with van der Waals surface area (Å²) in [6, 6.07) is 24.8. The van der Waals surface area contributed by atoms with Crippen LogP contribution >= 0.6 is 23.2 Å². The average molecular weight is 578 g/mol. The van der Waals surface area contributed by atoms with Gasteiger partial charge >= 0.3 is 5.97 Å². The summed E-state index contributed by atoms with van der Waals surface area (Å²) in [6.45, 7) is 3.63. The van der Waals surface area contributed by atoms with Crippen molar-refractivity contribution in [1.82, 2.24) is 14.4 Å². The van der Waals surface area contributed by atoms with Crippen LogP contribution in [0.25, 0.3) is 0 Å². The van der Waals surface area contributed by atoms with E-state index in [0.29, 0.717) is 28.7 Å². The highest BCUT2D eigenvalue weighted by atomic mass is 35.5. The molecule has 1 N–H and O–H groups in total. The highest BCUT2D eigenvalue weighted by Crippen LogP contribution is 2.31. The molecule has 1 aromatic heterocycles. The van der Waals surface area contributed by atoms with E-state index in [2.05, 4.69) is 17.0 Å². The number of hydrogen-bond acceptors (Lipinski definition) is 4. The Morgan fingerprint density at radius 2 is 1.40 bits per heavy atom. The van der Waals surface area contributed by atoms with Gasteiger partial charge < -0.3 is 19.3 Å². The maximum atomic E-state index is 13.8. The maximum absolute atomic E-state index is 13.8. The van der Waals surface area contributed by atoms with Crippen LogP contribution in [0, 0.1) is 0 Å². The lowest BCUT2D eigenvalue weighted by molar-refractivity contribution is 0.0624. The Kier molecular flexibility index (Phi) is 8.75. The molecule has 40 heavy (non-hydrogen) atoms. The molecule has 1 amide bonds. The number of carbonyl (C=O) groups excluding carboxylic acids is 1. The highest BCUT2D eigenvalue weighted by molar-refractivity contribution is 6.42. The van der Waals surface area contributed by atoms with Gasteiger partial charge in [-0.25, -0.2) is 4.79 Å². The van der Waals surface area contributed by atoms with E-state index in [1.807, 2.05) is 48.5 Å². The molecular formula is C31H29Cl2N3O4. The van der Waals surface area contributed by atoms with Crippen molar-refractivity contribution in [3.05, 3.63) is 123 Å². The first-order valence-corrected chi connectivity index (χ1v) is 13.8. The fourth-order valence-corrected chi connectivity index (χ4v) is 5.19. The second-order valence-electron chi connectivity index (χ2n) is 9.73. The zero-order valence-corrected chi connectivity index (χ0v) is 23.3. The Hall–Kier alpha value is -3.78. The molecule has 1 saturated heterocycles. The zero-order valence-electron chi connectivity index (χ0n) is 21.8. The molecule has 1 aliphatic rings. The number of aromatic carboxylic acids is 1. The summed E-state index contributed by atoms with van der Waals surface area (Å²) in [4.78, 5) is 30.4. The van der Waals surface area contributed by atoms with E-state index in [0.717, 1.165) is 25.2 Å². The number of carboxylic acid groups (broad SMARTS) is 1. The first-order chi connectivity index (χ1) is 19.4. The molecule has 4 aromatic rings. The molecule has 7 nitrogen and oxygen atoms in total. The number of nitrogens with zero attached hydrogens (tertiary/aromatic N) is 3. The summed E-state index contributed by atoms with van der Waals surface area (Å²) in [5.74, 6) is -1.38. The second kappa shape index (κ2) is 12.6. The second-order valence-corrected chi connectivity index (χ2v) is 10.5. The molecule has 1 aliphatic heterocycles. The number of halogens is 2. The van der Waals surface area contributed by atoms with Crippen molar-refractivity contribution in [2.45, 2.75) is 19.7 Å². The summed E-state index contributed by atoms with van der Waals surface area (Å²) < 4.78 is 7.65. The van der Waals surface area contributed by atoms with Crippen LogP contribution < -0.4 is 4.74 Å². The number of ether oxygens (including phenoxy) is 1. The largest absolute Gasteiger partial charge is 0.486 e. The van der Waals surface area contributed by atoms with Crippen LogP contribution in [0.5, 0.6) is 5.75 Å². The normalized spacial score (nSPS) is 13.8. The van der Waals surface area contributed by atoms with E-state index in [9.17, 15) is 14.7 Å². The lowest BCUT2D eigenvalue weighted by Crippen LogP contribution is -2.48. The monoisotopic (exact) mass is 577 g/mol. The third kappa shape index (κ3) is 6.50. The third-order valence-electron chi connectivity index (χ3n) is 6.94. The minimum atomic E-state index is -1.17. The summed E-state index contributed by atoms with van der Waals surface area (Å²) >= 11 is 12.2. The van der Waals surface area contributed by atoms with Crippen LogP contribution in [0.15, 0.2) is 85.1 Å². The molecule has 0 radical (unpaired) electrons. The lowest BCUT2D eigenvalue weighted by Gasteiger charge is -2.34. The van der Waals surface area contributed by atoms with Gasteiger partial charge in [0.2, 0.25) is 0 Å². The number of carbonyl (C=O) groups is 2. The number of amides is 1. The molecule has 1 fully saturated rings. The number of carboxylic acids is 1. The van der Waals surface area contributed by atoms with Crippen LogP contribution in [0.3, 0.4) is 0 Å². The van der Waals surface area contributed by atoms with Gasteiger partial charge in [-0.2, -0.15) is 0 Å². The lowest BCUT2D eigenvalue weighted by atomic mass is 10.1. The van der Waals surface area contributed by atoms with Gasteiger partial charge in [-0.05, 0) is 28.8 Å². The molecule has 0 bridgehead atoms. The van der Waals surface area contributed by atoms with Crippen LogP contribution in [0.1, 0.15) is 37.5 Å². The standard InChI is InChI=1S/C31H29Cl2N3O4/c32-26-12-11-24(17-27(26)33)21-40-29-25(20-36(28(29)31(38)39)19-23-9-5-2-6-10-23)30(37)35-15-13-34(14-16-35)18-22-7-3-1-4-8-22/h1-12,17,20H,13-16,18-19,21H2,(H,38,39). The third-order valence-corrected chi connectivity index (χ3v) is 7.68. The quantitative estimate of drug-likeness (QED) is 0.261. The van der Waals surface area contributed by atoms with Crippen molar-refractivity contribution in [2.75, 3.05) is 26.2 Å². The van der Waals surface area contributed by atoms with Crippen LogP contribution in [0.2, 0.25) is 10.0 Å². The van der Waals surface area contributed by atoms with Gasteiger partial charge in [0.1, 0.15) is 12.2 Å². The number of aromatic nitrogens is 1. The van der Waals surface area contributed by atoms with Gasteiger partial charge in [0.15, 0.2) is 11.4 Å². The van der Waals surface area contributed by atoms with Gasteiger partial charge in [-0.1, -0.05) is 89.9 Å². The van der Waals surface area contributed by atoms with Crippen LogP contribution in [-0.2, 0) is 19.7 Å². The number of piperazine rings is 1. The van der Waals surface area contributed by atoms with Crippen LogP contribution in [-0.4, -0.2) is 57.5 Å². The Balaban J connectivity index is 1.40. The van der Waals surface area contributed by atoms with Gasteiger partial charge in [0, 0.05) is 45.5 Å². The van der Waals surface area contributed by atoms with Gasteiger partial charge in [-0.15, -0.1) is 0 Å². The van der Waals surface area contributed by atoms with E-state index in [1.54, 1.807) is 33.9 Å². The van der Waals surface area contributed by atoms with Crippen molar-refractivity contribution >= 4 is 35.1 Å². The Morgan fingerprint density at radius 3 is 2.00 bits per heavy atom. The van der Waals surface area contributed by atoms with Crippen molar-refractivity contribution in [2.24, 2.45) is 0 Å². The zero-order chi connectivity index (χ0) is 28.1. The van der Waals surface area contributed by atoms with Crippen molar-refractivity contribution < 1.29 is 19.4 Å². The van der Waals surface area contributed by atoms with E-state index in [4.69, 9.17) is 27.9 Å². The van der Waals surface area contributed by atoms with E-state index >= 15 is 0 Å². The predicted octanol–water partition coefficient (Wildman–Crippen LogP) is 6.08. The molecule has 0 spiro atoms. The fraction of sp³-hybridized carbons (Fsp3) is 0.226. The summed E-state index contributed by atoms with van der Waals surface area (Å²) in [7, 11) is 0. The Bertz CT molecular complexity index is 1480. The minimum absolute atomic E-state index is 0.0254. The molecule has 0 saturated carbocycles. The van der Waals surface area contributed by atoms with Crippen molar-refractivity contribution in [3.8, 4) is 5.75 Å². The Labute approximate surface area is 243 Å². The van der Waals surface area contributed by atoms with Crippen molar-refractivity contribution in [3.63, 3.8) is 0 Å². The van der Waals surface area contributed by atoms with E-state index < -0.39 is 5.97 Å². The maximum Gasteiger partial charge on any atom is 0.356 e. The predicted molar refractivity (Wildman–Crippen MR) is 155 cm³/mol. The number of benzene rings is 3. The molecule has 2 heterocycles. The van der Waals surface area contributed by atoms with Crippen molar-refractivity contribution in [1.29, 1.82) is 0 Å². The average Bonchev–Trinajstić information content (AvgIpc) is 3.33. The smallest absolute Gasteiger partial charge is 0.356 e. The minimum Gasteiger partial charge on any atom is -0.486 e. The molecule has 206 valence electrons. The van der Waals surface area contributed by atoms with Gasteiger partial charge in [0.25, 0.3) is 5.91 Å². The molecule has 0 aliphatic carbocycles. The van der Waals surface area contributed by atoms with Gasteiger partial charge in [0.05, 0.1) is 10.0 Å². The molecule has 5 rings (SSSR count). The van der Waals surface area contributed by atoms with E-state index in [1.165, 1.54) is 5.56 Å². The molecular weight excluding hydrogens is 549 g/mol. The van der Waals surface area contributed by atoms with Gasteiger partial charge in [-0.3, -0.25) is 9.69 Å². The molecule has 0 atom stereocenters. The first kappa shape index (κ1) is 27.8. The summed E-state index contributed by atoms with van der Waals surface area (Å²) in [6.07, 6.45) is 1.60. The van der Waals surface area contributed by atoms with Crippen LogP contribution in [0.4, 0.5) is 0 Å². The topological polar surface area (TPSA) is 75.0 Å². The molecule has 9 heteroatoms. The highest BCUT2D eigenvalue weighted by Gasteiger charge is 2.31.